The van der Waals surface area contributed by atoms with E-state index >= 15 is 0 Å². The highest BCUT2D eigenvalue weighted by atomic mass is 32.2. The van der Waals surface area contributed by atoms with Gasteiger partial charge in [0.05, 0.1) is 5.75 Å². The van der Waals surface area contributed by atoms with E-state index in [-0.39, 0.29) is 6.03 Å². The molecule has 0 unspecified atom stereocenters. The summed E-state index contributed by atoms with van der Waals surface area (Å²) in [5, 5.41) is 14.9. The van der Waals surface area contributed by atoms with Gasteiger partial charge in [-0.15, -0.1) is 22.0 Å². The van der Waals surface area contributed by atoms with Crippen LogP contribution in [-0.2, 0) is 5.75 Å². The molecule has 3 rings (SSSR count). The Hall–Kier alpha value is -2.38. The summed E-state index contributed by atoms with van der Waals surface area (Å²) >= 11 is 3.06. The van der Waals surface area contributed by atoms with E-state index in [0.29, 0.717) is 5.13 Å². The van der Waals surface area contributed by atoms with Crippen molar-refractivity contribution in [3.05, 3.63) is 65.7 Å². The average Bonchev–Trinajstić information content (AvgIpc) is 3.02. The normalized spacial score (nSPS) is 10.3. The van der Waals surface area contributed by atoms with Crippen molar-refractivity contribution in [2.75, 3.05) is 10.6 Å². The van der Waals surface area contributed by atoms with Crippen molar-refractivity contribution in [2.45, 2.75) is 10.6 Å². The van der Waals surface area contributed by atoms with Crippen LogP contribution < -0.4 is 10.6 Å². The molecule has 2 aromatic carbocycles. The van der Waals surface area contributed by atoms with Gasteiger partial charge in [-0.25, -0.2) is 4.79 Å². The van der Waals surface area contributed by atoms with Gasteiger partial charge < -0.3 is 5.32 Å². The van der Waals surface area contributed by atoms with Crippen LogP contribution in [-0.4, -0.2) is 16.2 Å². The number of amides is 2. The standard InChI is InChI=1S/C16H14N4OS2/c21-15(17-12-7-3-1-4-8-12)18-16-20-19-14(23-16)11-22-13-9-5-2-6-10-13/h1-10H,11H2,(H2,17,18,20,21). The second-order valence-corrected chi connectivity index (χ2v) is 6.66. The number of nitrogens with zero attached hydrogens (tertiary/aromatic N) is 2. The number of aromatic nitrogens is 2. The van der Waals surface area contributed by atoms with Gasteiger partial charge in [0.25, 0.3) is 0 Å². The highest BCUT2D eigenvalue weighted by molar-refractivity contribution is 7.98. The zero-order valence-electron chi connectivity index (χ0n) is 12.1. The van der Waals surface area contributed by atoms with Gasteiger partial charge in [-0.05, 0) is 24.3 Å². The lowest BCUT2D eigenvalue weighted by Crippen LogP contribution is -2.19. The molecule has 0 radical (unpaired) electrons. The second kappa shape index (κ2) is 7.75. The lowest BCUT2D eigenvalue weighted by Gasteiger charge is -2.03. The number of hydrogen-bond donors (Lipinski definition) is 2. The van der Waals surface area contributed by atoms with Crippen LogP contribution in [0.5, 0.6) is 0 Å². The highest BCUT2D eigenvalue weighted by Crippen LogP contribution is 2.25. The predicted octanol–water partition coefficient (Wildman–Crippen LogP) is 4.47. The van der Waals surface area contributed by atoms with Crippen molar-refractivity contribution in [1.29, 1.82) is 0 Å². The summed E-state index contributed by atoms with van der Waals surface area (Å²) in [6.07, 6.45) is 0. The van der Waals surface area contributed by atoms with Crippen LogP contribution in [0.25, 0.3) is 0 Å². The number of anilines is 2. The van der Waals surface area contributed by atoms with Crippen molar-refractivity contribution in [2.24, 2.45) is 0 Å². The van der Waals surface area contributed by atoms with E-state index in [9.17, 15) is 4.79 Å². The van der Waals surface area contributed by atoms with E-state index in [1.54, 1.807) is 11.8 Å². The van der Waals surface area contributed by atoms with Crippen LogP contribution in [0.15, 0.2) is 65.6 Å². The summed E-state index contributed by atoms with van der Waals surface area (Å²) in [4.78, 5) is 13.1. The molecule has 0 aliphatic rings. The minimum atomic E-state index is -0.324. The van der Waals surface area contributed by atoms with Crippen molar-refractivity contribution in [3.63, 3.8) is 0 Å². The number of hydrogen-bond acceptors (Lipinski definition) is 5. The quantitative estimate of drug-likeness (QED) is 0.671. The number of rotatable bonds is 5. The number of urea groups is 1. The number of nitrogens with one attached hydrogen (secondary N) is 2. The molecule has 0 saturated heterocycles. The molecule has 7 heteroatoms. The van der Waals surface area contributed by atoms with Crippen LogP contribution in [0, 0.1) is 0 Å². The fourth-order valence-corrected chi connectivity index (χ4v) is 3.45. The smallest absolute Gasteiger partial charge is 0.308 e. The molecule has 1 heterocycles. The third kappa shape index (κ3) is 4.80. The fraction of sp³-hybridized carbons (Fsp3) is 0.0625. The lowest BCUT2D eigenvalue weighted by atomic mass is 10.3. The van der Waals surface area contributed by atoms with Crippen LogP contribution in [0.4, 0.5) is 15.6 Å². The molecule has 23 heavy (non-hydrogen) atoms. The Morgan fingerprint density at radius 1 is 0.957 bits per heavy atom. The maximum absolute atomic E-state index is 11.9. The first-order chi connectivity index (χ1) is 11.3. The fourth-order valence-electron chi connectivity index (χ4n) is 1.81. The summed E-state index contributed by atoms with van der Waals surface area (Å²) in [7, 11) is 0. The Labute approximate surface area is 142 Å². The topological polar surface area (TPSA) is 66.9 Å². The molecule has 1 aromatic heterocycles. The molecular formula is C16H14N4OS2. The van der Waals surface area contributed by atoms with Crippen LogP contribution >= 0.6 is 23.1 Å². The number of carbonyl (C=O) groups is 1. The van der Waals surface area contributed by atoms with Gasteiger partial charge in [0, 0.05) is 10.6 Å². The van der Waals surface area contributed by atoms with Gasteiger partial charge in [0.1, 0.15) is 5.01 Å². The third-order valence-electron chi connectivity index (χ3n) is 2.82. The SMILES string of the molecule is O=C(Nc1ccccc1)Nc1nnc(CSc2ccccc2)s1. The largest absolute Gasteiger partial charge is 0.325 e. The molecule has 0 aliphatic carbocycles. The van der Waals surface area contributed by atoms with Crippen molar-refractivity contribution >= 4 is 39.9 Å². The Morgan fingerprint density at radius 2 is 1.65 bits per heavy atom. The molecule has 5 nitrogen and oxygen atoms in total. The number of carbonyl (C=O) groups excluding carboxylic acids is 1. The Balaban J connectivity index is 1.52. The summed E-state index contributed by atoms with van der Waals surface area (Å²) in [5.41, 5.74) is 0.731. The van der Waals surface area contributed by atoms with Crippen LogP contribution in [0.2, 0.25) is 0 Å². The van der Waals surface area contributed by atoms with Crippen molar-refractivity contribution < 1.29 is 4.79 Å². The molecular weight excluding hydrogens is 328 g/mol. The van der Waals surface area contributed by atoms with Crippen LogP contribution in [0.1, 0.15) is 5.01 Å². The summed E-state index contributed by atoms with van der Waals surface area (Å²) in [5.74, 6) is 0.726. The van der Waals surface area contributed by atoms with Gasteiger partial charge >= 0.3 is 6.03 Å². The Kier molecular flexibility index (Phi) is 5.23. The zero-order valence-corrected chi connectivity index (χ0v) is 13.7. The van der Waals surface area contributed by atoms with E-state index < -0.39 is 0 Å². The zero-order chi connectivity index (χ0) is 15.9. The summed E-state index contributed by atoms with van der Waals surface area (Å²) < 4.78 is 0. The number of thioether (sulfide) groups is 1. The van der Waals surface area contributed by atoms with Crippen LogP contribution in [0.3, 0.4) is 0 Å². The molecule has 0 fully saturated rings. The molecule has 3 aromatic rings. The Morgan fingerprint density at radius 3 is 2.39 bits per heavy atom. The molecule has 2 amide bonds. The van der Waals surface area contributed by atoms with Crippen molar-refractivity contribution in [1.82, 2.24) is 10.2 Å². The molecule has 116 valence electrons. The minimum Gasteiger partial charge on any atom is -0.308 e. The molecule has 0 saturated carbocycles. The summed E-state index contributed by atoms with van der Waals surface area (Å²) in [6, 6.07) is 19.0. The number of para-hydroxylation sites is 1. The summed E-state index contributed by atoms with van der Waals surface area (Å²) in [6.45, 7) is 0. The maximum atomic E-state index is 11.9. The molecule has 2 N–H and O–H groups in total. The first-order valence-corrected chi connectivity index (χ1v) is 8.73. The van der Waals surface area contributed by atoms with E-state index in [0.717, 1.165) is 16.4 Å². The van der Waals surface area contributed by atoms with E-state index in [2.05, 4.69) is 33.0 Å². The maximum Gasteiger partial charge on any atom is 0.325 e. The predicted molar refractivity (Wildman–Crippen MR) is 95.0 cm³/mol. The third-order valence-corrected chi connectivity index (χ3v) is 4.87. The van der Waals surface area contributed by atoms with Gasteiger partial charge in [-0.3, -0.25) is 5.32 Å². The van der Waals surface area contributed by atoms with Gasteiger partial charge in [-0.1, -0.05) is 47.7 Å². The first-order valence-electron chi connectivity index (χ1n) is 6.93. The van der Waals surface area contributed by atoms with Gasteiger partial charge in [-0.2, -0.15) is 0 Å². The second-order valence-electron chi connectivity index (χ2n) is 4.55. The van der Waals surface area contributed by atoms with E-state index in [1.165, 1.54) is 16.2 Å². The average molecular weight is 342 g/mol. The van der Waals surface area contributed by atoms with Crippen molar-refractivity contribution in [3.8, 4) is 0 Å². The molecule has 0 bridgehead atoms. The molecule has 0 spiro atoms. The first kappa shape index (κ1) is 15.5. The van der Waals surface area contributed by atoms with Gasteiger partial charge in [0.2, 0.25) is 5.13 Å². The minimum absolute atomic E-state index is 0.324. The van der Waals surface area contributed by atoms with Gasteiger partial charge in [0.15, 0.2) is 0 Å². The monoisotopic (exact) mass is 342 g/mol. The molecule has 0 aliphatic heterocycles. The Bertz CT molecular complexity index is 762. The number of benzene rings is 2. The van der Waals surface area contributed by atoms with E-state index in [4.69, 9.17) is 0 Å². The lowest BCUT2D eigenvalue weighted by molar-refractivity contribution is 0.262. The highest BCUT2D eigenvalue weighted by Gasteiger charge is 2.08. The molecule has 0 atom stereocenters. The van der Waals surface area contributed by atoms with E-state index in [1.807, 2.05) is 48.5 Å².